The minimum Gasteiger partial charge on any atom is -0.378 e. The van der Waals surface area contributed by atoms with E-state index in [-0.39, 0.29) is 11.8 Å². The molecule has 0 spiro atoms. The summed E-state index contributed by atoms with van der Waals surface area (Å²) in [6.45, 7) is 7.16. The summed E-state index contributed by atoms with van der Waals surface area (Å²) in [6.07, 6.45) is 0. The van der Waals surface area contributed by atoms with Crippen molar-refractivity contribution in [3.63, 3.8) is 0 Å². The van der Waals surface area contributed by atoms with Crippen LogP contribution in [0.15, 0.2) is 18.2 Å². The zero-order chi connectivity index (χ0) is 16.5. The zero-order valence-corrected chi connectivity index (χ0v) is 14.6. The molecule has 6 nitrogen and oxygen atoms in total. The van der Waals surface area contributed by atoms with Crippen LogP contribution in [0.2, 0.25) is 0 Å². The zero-order valence-electron chi connectivity index (χ0n) is 13.7. The summed E-state index contributed by atoms with van der Waals surface area (Å²) in [5.74, 6) is 0.580. The smallest absolute Gasteiger partial charge is 0.227 e. The highest BCUT2D eigenvalue weighted by Crippen LogP contribution is 2.31. The summed E-state index contributed by atoms with van der Waals surface area (Å²) in [5.41, 5.74) is 1.83. The SMILES string of the molecule is CC(C(=O)Nc1ccc2nc(N3CCOCC3)sc2c1)C1CNC1. The first-order chi connectivity index (χ1) is 11.7. The fourth-order valence-electron chi connectivity index (χ4n) is 3.01. The van der Waals surface area contributed by atoms with E-state index in [4.69, 9.17) is 9.72 Å². The fraction of sp³-hybridized carbons (Fsp3) is 0.529. The van der Waals surface area contributed by atoms with Gasteiger partial charge in [0.25, 0.3) is 0 Å². The average Bonchev–Trinajstić information content (AvgIpc) is 2.97. The molecule has 0 saturated carbocycles. The lowest BCUT2D eigenvalue weighted by Gasteiger charge is -2.31. The first-order valence-corrected chi connectivity index (χ1v) is 9.27. The third-order valence-electron chi connectivity index (χ3n) is 4.86. The first kappa shape index (κ1) is 15.8. The first-order valence-electron chi connectivity index (χ1n) is 8.45. The lowest BCUT2D eigenvalue weighted by Crippen LogP contribution is -2.48. The Labute approximate surface area is 145 Å². The third kappa shape index (κ3) is 3.11. The molecule has 3 heterocycles. The molecule has 2 aliphatic heterocycles. The van der Waals surface area contributed by atoms with Crippen molar-refractivity contribution in [1.82, 2.24) is 10.3 Å². The van der Waals surface area contributed by atoms with Crippen LogP contribution < -0.4 is 15.5 Å². The van der Waals surface area contributed by atoms with Gasteiger partial charge < -0.3 is 20.3 Å². The third-order valence-corrected chi connectivity index (χ3v) is 5.94. The number of carbonyl (C=O) groups excluding carboxylic acids is 1. The fourth-order valence-corrected chi connectivity index (χ4v) is 4.07. The van der Waals surface area contributed by atoms with Gasteiger partial charge in [-0.3, -0.25) is 4.79 Å². The van der Waals surface area contributed by atoms with E-state index < -0.39 is 0 Å². The van der Waals surface area contributed by atoms with Crippen molar-refractivity contribution < 1.29 is 9.53 Å². The second-order valence-corrected chi connectivity index (χ2v) is 7.48. The molecule has 2 aliphatic rings. The number of nitrogens with zero attached hydrogens (tertiary/aromatic N) is 2. The van der Waals surface area contributed by atoms with Gasteiger partial charge in [0.05, 0.1) is 23.4 Å². The minimum atomic E-state index is 0.0346. The van der Waals surface area contributed by atoms with Crippen LogP contribution in [0.3, 0.4) is 0 Å². The maximum absolute atomic E-state index is 12.4. The molecule has 1 unspecified atom stereocenters. The lowest BCUT2D eigenvalue weighted by molar-refractivity contribution is -0.121. The Morgan fingerprint density at radius 1 is 1.42 bits per heavy atom. The molecule has 4 rings (SSSR count). The molecule has 24 heavy (non-hydrogen) atoms. The second kappa shape index (κ2) is 6.66. The van der Waals surface area contributed by atoms with Crippen LogP contribution in [0.25, 0.3) is 10.2 Å². The molecule has 0 radical (unpaired) electrons. The quantitative estimate of drug-likeness (QED) is 0.885. The summed E-state index contributed by atoms with van der Waals surface area (Å²) in [4.78, 5) is 19.3. The molecule has 2 fully saturated rings. The van der Waals surface area contributed by atoms with Gasteiger partial charge >= 0.3 is 0 Å². The van der Waals surface area contributed by atoms with Gasteiger partial charge in [0.1, 0.15) is 0 Å². The Kier molecular flexibility index (Phi) is 4.39. The Hall–Kier alpha value is -1.70. The summed E-state index contributed by atoms with van der Waals surface area (Å²) >= 11 is 1.67. The molecule has 1 atom stereocenters. The second-order valence-electron chi connectivity index (χ2n) is 6.47. The highest BCUT2D eigenvalue weighted by molar-refractivity contribution is 7.22. The predicted octanol–water partition coefficient (Wildman–Crippen LogP) is 1.93. The van der Waals surface area contributed by atoms with Crippen LogP contribution in [0.4, 0.5) is 10.8 Å². The topological polar surface area (TPSA) is 66.5 Å². The molecule has 0 aliphatic carbocycles. The van der Waals surface area contributed by atoms with Crippen molar-refractivity contribution in [2.45, 2.75) is 6.92 Å². The van der Waals surface area contributed by atoms with Gasteiger partial charge in [-0.15, -0.1) is 0 Å². The van der Waals surface area contributed by atoms with Crippen LogP contribution in [0, 0.1) is 11.8 Å². The van der Waals surface area contributed by atoms with Gasteiger partial charge in [0.2, 0.25) is 5.91 Å². The van der Waals surface area contributed by atoms with Crippen molar-refractivity contribution in [1.29, 1.82) is 0 Å². The number of hydrogen-bond donors (Lipinski definition) is 2. The van der Waals surface area contributed by atoms with Crippen LogP contribution in [0.1, 0.15) is 6.92 Å². The number of amides is 1. The van der Waals surface area contributed by atoms with Crippen molar-refractivity contribution in [2.24, 2.45) is 11.8 Å². The largest absolute Gasteiger partial charge is 0.378 e. The predicted molar refractivity (Wildman–Crippen MR) is 96.8 cm³/mol. The number of aromatic nitrogens is 1. The number of hydrogen-bond acceptors (Lipinski definition) is 6. The summed E-state index contributed by atoms with van der Waals surface area (Å²) in [5, 5.41) is 7.30. The molecular weight excluding hydrogens is 324 g/mol. The highest BCUT2D eigenvalue weighted by Gasteiger charge is 2.28. The van der Waals surface area contributed by atoms with Crippen molar-refractivity contribution in [3.8, 4) is 0 Å². The van der Waals surface area contributed by atoms with E-state index in [0.717, 1.165) is 60.4 Å². The maximum Gasteiger partial charge on any atom is 0.227 e. The monoisotopic (exact) mass is 346 g/mol. The van der Waals surface area contributed by atoms with Crippen LogP contribution >= 0.6 is 11.3 Å². The van der Waals surface area contributed by atoms with E-state index in [9.17, 15) is 4.79 Å². The molecule has 2 aromatic rings. The molecule has 7 heteroatoms. The van der Waals surface area contributed by atoms with Crippen molar-refractivity contribution in [3.05, 3.63) is 18.2 Å². The van der Waals surface area contributed by atoms with E-state index in [1.807, 2.05) is 25.1 Å². The van der Waals surface area contributed by atoms with Crippen LogP contribution in [-0.4, -0.2) is 50.3 Å². The Morgan fingerprint density at radius 3 is 2.92 bits per heavy atom. The highest BCUT2D eigenvalue weighted by atomic mass is 32.1. The maximum atomic E-state index is 12.4. The number of morpholine rings is 1. The standard InChI is InChI=1S/C17H22N4O2S/c1-11(12-9-18-10-12)16(22)19-13-2-3-14-15(8-13)24-17(20-14)21-4-6-23-7-5-21/h2-3,8,11-12,18H,4-7,9-10H2,1H3,(H,19,22). The van der Waals surface area contributed by atoms with E-state index in [2.05, 4.69) is 15.5 Å². The van der Waals surface area contributed by atoms with E-state index in [0.29, 0.717) is 5.92 Å². The van der Waals surface area contributed by atoms with Gasteiger partial charge in [0.15, 0.2) is 5.13 Å². The molecule has 2 saturated heterocycles. The lowest BCUT2D eigenvalue weighted by atomic mass is 9.88. The summed E-state index contributed by atoms with van der Waals surface area (Å²) in [7, 11) is 0. The van der Waals surface area contributed by atoms with Gasteiger partial charge in [-0.2, -0.15) is 0 Å². The van der Waals surface area contributed by atoms with Gasteiger partial charge in [-0.05, 0) is 37.2 Å². The number of nitrogens with one attached hydrogen (secondary N) is 2. The molecule has 0 bridgehead atoms. The van der Waals surface area contributed by atoms with Crippen molar-refractivity contribution >= 4 is 38.3 Å². The number of carbonyl (C=O) groups is 1. The molecule has 1 aromatic heterocycles. The normalized spacial score (nSPS) is 20.0. The molecule has 1 aromatic carbocycles. The Morgan fingerprint density at radius 2 is 2.21 bits per heavy atom. The van der Waals surface area contributed by atoms with Gasteiger partial charge in [0, 0.05) is 24.7 Å². The Bertz CT molecular complexity index is 737. The summed E-state index contributed by atoms with van der Waals surface area (Å²) in [6, 6.07) is 5.95. The Balaban J connectivity index is 1.49. The number of fused-ring (bicyclic) bond motifs is 1. The van der Waals surface area contributed by atoms with Gasteiger partial charge in [-0.1, -0.05) is 18.3 Å². The number of rotatable bonds is 4. The van der Waals surface area contributed by atoms with Crippen LogP contribution in [-0.2, 0) is 9.53 Å². The van der Waals surface area contributed by atoms with E-state index in [1.165, 1.54) is 0 Å². The summed E-state index contributed by atoms with van der Waals surface area (Å²) < 4.78 is 6.50. The molecular formula is C17H22N4O2S. The van der Waals surface area contributed by atoms with Crippen molar-refractivity contribution in [2.75, 3.05) is 49.6 Å². The van der Waals surface area contributed by atoms with E-state index >= 15 is 0 Å². The van der Waals surface area contributed by atoms with Gasteiger partial charge in [-0.25, -0.2) is 4.98 Å². The molecule has 1 amide bonds. The number of anilines is 2. The minimum absolute atomic E-state index is 0.0346. The molecule has 2 N–H and O–H groups in total. The molecule has 128 valence electrons. The average molecular weight is 346 g/mol. The van der Waals surface area contributed by atoms with E-state index in [1.54, 1.807) is 11.3 Å². The number of benzene rings is 1. The van der Waals surface area contributed by atoms with Crippen LogP contribution in [0.5, 0.6) is 0 Å². The number of thiazole rings is 1. The number of ether oxygens (including phenoxy) is 1.